The Morgan fingerprint density at radius 1 is 1.05 bits per heavy atom. The van der Waals surface area contributed by atoms with E-state index in [9.17, 15) is 4.79 Å². The van der Waals surface area contributed by atoms with Crippen LogP contribution in [0.4, 0.5) is 0 Å². The Balaban J connectivity index is 1.60. The predicted molar refractivity (Wildman–Crippen MR) is 82.8 cm³/mol. The summed E-state index contributed by atoms with van der Waals surface area (Å²) in [5.74, 6) is 3.00. The number of carbonyl (C=O) groups excluding carboxylic acids is 1. The van der Waals surface area contributed by atoms with Crippen LogP contribution in [-0.2, 0) is 0 Å². The number of para-hydroxylation sites is 1. The van der Waals surface area contributed by atoms with Crippen molar-refractivity contribution in [3.05, 3.63) is 60.2 Å². The second kappa shape index (κ2) is 6.14. The van der Waals surface area contributed by atoms with E-state index in [-0.39, 0.29) is 5.78 Å². The lowest BCUT2D eigenvalue weighted by Crippen LogP contribution is -2.00. The molecule has 0 aliphatic carbocycles. The standard InChI is InChI=1S/C17H16O2S/c18-17(11-10-16-12-20-16)13-6-8-15(9-7-13)19-14-4-2-1-3-5-14/h1-9,16H,10-12H2. The number of carbonyl (C=O) groups is 1. The minimum Gasteiger partial charge on any atom is -0.457 e. The topological polar surface area (TPSA) is 26.3 Å². The first-order valence-electron chi connectivity index (χ1n) is 6.79. The van der Waals surface area contributed by atoms with Crippen molar-refractivity contribution in [2.75, 3.05) is 5.75 Å². The van der Waals surface area contributed by atoms with Crippen molar-refractivity contribution in [1.29, 1.82) is 0 Å². The van der Waals surface area contributed by atoms with Gasteiger partial charge in [0.25, 0.3) is 0 Å². The molecule has 1 fully saturated rings. The number of thioether (sulfide) groups is 1. The van der Waals surface area contributed by atoms with Crippen molar-refractivity contribution in [3.8, 4) is 11.5 Å². The van der Waals surface area contributed by atoms with E-state index in [1.165, 1.54) is 5.75 Å². The largest absolute Gasteiger partial charge is 0.457 e. The molecule has 1 aliphatic rings. The van der Waals surface area contributed by atoms with Gasteiger partial charge in [-0.2, -0.15) is 11.8 Å². The molecule has 0 bridgehead atoms. The zero-order valence-electron chi connectivity index (χ0n) is 11.1. The number of hydrogen-bond acceptors (Lipinski definition) is 3. The lowest BCUT2D eigenvalue weighted by Gasteiger charge is -2.06. The highest BCUT2D eigenvalue weighted by Crippen LogP contribution is 2.34. The third-order valence-electron chi connectivity index (χ3n) is 3.25. The van der Waals surface area contributed by atoms with E-state index in [2.05, 4.69) is 0 Å². The van der Waals surface area contributed by atoms with E-state index >= 15 is 0 Å². The zero-order valence-corrected chi connectivity index (χ0v) is 11.9. The second-order valence-corrected chi connectivity index (χ2v) is 6.19. The monoisotopic (exact) mass is 284 g/mol. The Hall–Kier alpha value is -1.74. The smallest absolute Gasteiger partial charge is 0.162 e. The van der Waals surface area contributed by atoms with Gasteiger partial charge < -0.3 is 4.74 Å². The molecule has 0 N–H and O–H groups in total. The number of ketones is 1. The van der Waals surface area contributed by atoms with Crippen LogP contribution in [0.3, 0.4) is 0 Å². The number of Topliss-reactive ketones (excluding diaryl/α,β-unsaturated/α-hetero) is 1. The number of rotatable bonds is 6. The van der Waals surface area contributed by atoms with E-state index < -0.39 is 0 Å². The highest BCUT2D eigenvalue weighted by atomic mass is 32.2. The van der Waals surface area contributed by atoms with Crippen LogP contribution in [0, 0.1) is 0 Å². The summed E-state index contributed by atoms with van der Waals surface area (Å²) in [7, 11) is 0. The minimum absolute atomic E-state index is 0.226. The minimum atomic E-state index is 0.226. The first-order chi connectivity index (χ1) is 9.81. The van der Waals surface area contributed by atoms with Crippen LogP contribution in [0.15, 0.2) is 54.6 Å². The maximum absolute atomic E-state index is 12.0. The summed E-state index contributed by atoms with van der Waals surface area (Å²) < 4.78 is 5.71. The van der Waals surface area contributed by atoms with Crippen LogP contribution < -0.4 is 4.74 Å². The second-order valence-electron chi connectivity index (χ2n) is 4.86. The van der Waals surface area contributed by atoms with Crippen molar-refractivity contribution >= 4 is 17.5 Å². The van der Waals surface area contributed by atoms with Crippen molar-refractivity contribution in [1.82, 2.24) is 0 Å². The highest BCUT2D eigenvalue weighted by Gasteiger charge is 2.23. The lowest BCUT2D eigenvalue weighted by atomic mass is 10.1. The first kappa shape index (κ1) is 13.3. The fourth-order valence-electron chi connectivity index (χ4n) is 2.00. The van der Waals surface area contributed by atoms with Gasteiger partial charge in [0.05, 0.1) is 0 Å². The molecule has 0 aromatic heterocycles. The van der Waals surface area contributed by atoms with Crippen molar-refractivity contribution in [3.63, 3.8) is 0 Å². The van der Waals surface area contributed by atoms with Crippen LogP contribution in [0.25, 0.3) is 0 Å². The molecule has 2 aromatic rings. The van der Waals surface area contributed by atoms with Crippen molar-refractivity contribution < 1.29 is 9.53 Å². The summed E-state index contributed by atoms with van der Waals surface area (Å²) in [6.45, 7) is 0. The molecule has 1 atom stereocenters. The SMILES string of the molecule is O=C(CCC1CS1)c1ccc(Oc2ccccc2)cc1. The Morgan fingerprint density at radius 2 is 1.70 bits per heavy atom. The van der Waals surface area contributed by atoms with Crippen molar-refractivity contribution in [2.45, 2.75) is 18.1 Å². The average molecular weight is 284 g/mol. The summed E-state index contributed by atoms with van der Waals surface area (Å²) in [5.41, 5.74) is 0.774. The fourth-order valence-corrected chi connectivity index (χ4v) is 2.59. The molecular formula is C17H16O2S. The Morgan fingerprint density at radius 3 is 2.35 bits per heavy atom. The van der Waals surface area contributed by atoms with Gasteiger partial charge >= 0.3 is 0 Å². The van der Waals surface area contributed by atoms with Crippen LogP contribution in [0.1, 0.15) is 23.2 Å². The van der Waals surface area contributed by atoms with Gasteiger partial charge in [0.1, 0.15) is 11.5 Å². The molecule has 3 heteroatoms. The molecule has 1 saturated heterocycles. The molecule has 0 spiro atoms. The van der Waals surface area contributed by atoms with Crippen molar-refractivity contribution in [2.24, 2.45) is 0 Å². The van der Waals surface area contributed by atoms with Gasteiger partial charge in [-0.1, -0.05) is 18.2 Å². The molecule has 102 valence electrons. The molecule has 1 heterocycles. The van der Waals surface area contributed by atoms with Crippen LogP contribution in [0.2, 0.25) is 0 Å². The van der Waals surface area contributed by atoms with Gasteiger partial charge in [-0.15, -0.1) is 0 Å². The number of ether oxygens (including phenoxy) is 1. The normalized spacial score (nSPS) is 16.7. The van der Waals surface area contributed by atoms with Crippen LogP contribution in [0.5, 0.6) is 11.5 Å². The van der Waals surface area contributed by atoms with E-state index in [1.807, 2.05) is 66.4 Å². The molecular weight excluding hydrogens is 268 g/mol. The van der Waals surface area contributed by atoms with Gasteiger partial charge in [0.2, 0.25) is 0 Å². The Kier molecular flexibility index (Phi) is 4.07. The van der Waals surface area contributed by atoms with Gasteiger partial charge in [-0.25, -0.2) is 0 Å². The molecule has 20 heavy (non-hydrogen) atoms. The maximum atomic E-state index is 12.0. The fraction of sp³-hybridized carbons (Fsp3) is 0.235. The molecule has 0 saturated carbocycles. The van der Waals surface area contributed by atoms with E-state index in [0.29, 0.717) is 6.42 Å². The Bertz CT molecular complexity index is 574. The number of benzene rings is 2. The Labute approximate surface area is 123 Å². The van der Waals surface area contributed by atoms with Gasteiger partial charge in [-0.05, 0) is 42.8 Å². The van der Waals surface area contributed by atoms with Gasteiger partial charge in [0, 0.05) is 23.0 Å². The zero-order chi connectivity index (χ0) is 13.8. The third kappa shape index (κ3) is 3.64. The molecule has 3 rings (SSSR count). The summed E-state index contributed by atoms with van der Waals surface area (Å²) in [6, 6.07) is 17.0. The quantitative estimate of drug-likeness (QED) is 0.574. The molecule has 1 unspecified atom stereocenters. The summed E-state index contributed by atoms with van der Waals surface area (Å²) in [5, 5.41) is 0.722. The summed E-state index contributed by atoms with van der Waals surface area (Å²) in [4.78, 5) is 12.0. The molecule has 2 aromatic carbocycles. The first-order valence-corrected chi connectivity index (χ1v) is 7.84. The summed E-state index contributed by atoms with van der Waals surface area (Å²) >= 11 is 1.94. The van der Waals surface area contributed by atoms with E-state index in [1.54, 1.807) is 0 Å². The van der Waals surface area contributed by atoms with E-state index in [0.717, 1.165) is 28.7 Å². The lowest BCUT2D eigenvalue weighted by molar-refractivity contribution is 0.0981. The molecule has 0 amide bonds. The molecule has 2 nitrogen and oxygen atoms in total. The highest BCUT2D eigenvalue weighted by molar-refractivity contribution is 8.06. The van der Waals surface area contributed by atoms with Gasteiger partial charge in [-0.3, -0.25) is 4.79 Å². The van der Waals surface area contributed by atoms with Crippen LogP contribution >= 0.6 is 11.8 Å². The van der Waals surface area contributed by atoms with E-state index in [4.69, 9.17) is 4.74 Å². The van der Waals surface area contributed by atoms with Crippen LogP contribution in [-0.4, -0.2) is 16.8 Å². The third-order valence-corrected chi connectivity index (χ3v) is 4.29. The predicted octanol–water partition coefficient (Wildman–Crippen LogP) is 4.56. The number of hydrogen-bond donors (Lipinski definition) is 0. The van der Waals surface area contributed by atoms with Gasteiger partial charge in [0.15, 0.2) is 5.78 Å². The average Bonchev–Trinajstić information content (AvgIpc) is 3.31. The maximum Gasteiger partial charge on any atom is 0.162 e. The molecule has 1 aliphatic heterocycles. The summed E-state index contributed by atoms with van der Waals surface area (Å²) in [6.07, 6.45) is 1.66. The molecule has 0 radical (unpaired) electrons.